The highest BCUT2D eigenvalue weighted by atomic mass is 32.1. The van der Waals surface area contributed by atoms with Gasteiger partial charge in [-0.15, -0.1) is 0 Å². The fraction of sp³-hybridized carbons (Fsp3) is 0.385. The summed E-state index contributed by atoms with van der Waals surface area (Å²) in [6.45, 7) is 6.00. The number of thiocarbonyl (C=S) groups is 1. The van der Waals surface area contributed by atoms with Gasteiger partial charge in [-0.05, 0) is 30.0 Å². The molecule has 0 saturated heterocycles. The van der Waals surface area contributed by atoms with Crippen LogP contribution < -0.4 is 5.73 Å². The van der Waals surface area contributed by atoms with E-state index in [1.165, 1.54) is 7.11 Å². The number of hydrogen-bond acceptors (Lipinski definition) is 3. The third-order valence-electron chi connectivity index (χ3n) is 2.69. The van der Waals surface area contributed by atoms with Crippen LogP contribution in [-0.4, -0.2) is 18.1 Å². The first-order valence-corrected chi connectivity index (χ1v) is 5.82. The van der Waals surface area contributed by atoms with Crippen molar-refractivity contribution in [1.29, 1.82) is 0 Å². The Kier molecular flexibility index (Phi) is 4.23. The number of carbonyl (C=O) groups excluding carboxylic acids is 1. The third kappa shape index (κ3) is 2.82. The molecule has 17 heavy (non-hydrogen) atoms. The van der Waals surface area contributed by atoms with Crippen molar-refractivity contribution >= 4 is 23.2 Å². The molecule has 0 amide bonds. The molecular weight excluding hydrogens is 234 g/mol. The molecule has 1 rings (SSSR count). The molecule has 0 aliphatic carbocycles. The molecule has 0 bridgehead atoms. The van der Waals surface area contributed by atoms with Crippen LogP contribution >= 0.6 is 12.2 Å². The summed E-state index contributed by atoms with van der Waals surface area (Å²) in [5.41, 5.74) is 8.89. The second-order valence-corrected chi connectivity index (χ2v) is 4.70. The van der Waals surface area contributed by atoms with E-state index in [1.807, 2.05) is 13.0 Å². The summed E-state index contributed by atoms with van der Waals surface area (Å²) in [4.78, 5) is 11.9. The lowest BCUT2D eigenvalue weighted by Crippen LogP contribution is -2.16. The molecule has 0 heterocycles. The summed E-state index contributed by atoms with van der Waals surface area (Å²) in [7, 11) is 1.36. The van der Waals surface area contributed by atoms with Crippen LogP contribution in [0.1, 0.15) is 46.8 Å². The van der Waals surface area contributed by atoms with Gasteiger partial charge in [0, 0.05) is 5.56 Å². The maximum atomic E-state index is 11.6. The van der Waals surface area contributed by atoms with E-state index in [1.54, 1.807) is 6.07 Å². The van der Waals surface area contributed by atoms with E-state index in [9.17, 15) is 4.79 Å². The van der Waals surface area contributed by atoms with Crippen molar-refractivity contribution in [3.05, 3.63) is 34.4 Å². The molecule has 0 fully saturated rings. The molecule has 0 spiro atoms. The summed E-state index contributed by atoms with van der Waals surface area (Å²) < 4.78 is 4.73. The predicted octanol–water partition coefficient (Wildman–Crippen LogP) is 2.54. The number of carbonyl (C=O) groups is 1. The van der Waals surface area contributed by atoms with Crippen molar-refractivity contribution in [1.82, 2.24) is 0 Å². The normalized spacial score (nSPS) is 10.4. The van der Waals surface area contributed by atoms with Gasteiger partial charge >= 0.3 is 5.97 Å². The molecular formula is C13H17NO2S. The lowest BCUT2D eigenvalue weighted by molar-refractivity contribution is 0.0600. The number of methoxy groups -OCH3 is 1. The second kappa shape index (κ2) is 5.27. The summed E-state index contributed by atoms with van der Waals surface area (Å²) in [6.07, 6.45) is 0. The molecule has 1 aromatic carbocycles. The van der Waals surface area contributed by atoms with Crippen molar-refractivity contribution < 1.29 is 9.53 Å². The highest BCUT2D eigenvalue weighted by Gasteiger charge is 2.16. The molecule has 92 valence electrons. The summed E-state index contributed by atoms with van der Waals surface area (Å²) in [5, 5.41) is 0. The summed E-state index contributed by atoms with van der Waals surface area (Å²) in [5.74, 6) is -0.0628. The lowest BCUT2D eigenvalue weighted by atomic mass is 9.92. The van der Waals surface area contributed by atoms with Gasteiger partial charge in [-0.3, -0.25) is 0 Å². The first kappa shape index (κ1) is 13.6. The van der Waals surface area contributed by atoms with Gasteiger partial charge in [0.15, 0.2) is 0 Å². The number of esters is 1. The largest absolute Gasteiger partial charge is 0.465 e. The summed E-state index contributed by atoms with van der Waals surface area (Å²) in [6, 6.07) is 3.67. The van der Waals surface area contributed by atoms with Gasteiger partial charge in [0.25, 0.3) is 0 Å². The van der Waals surface area contributed by atoms with E-state index >= 15 is 0 Å². The van der Waals surface area contributed by atoms with Gasteiger partial charge in [0.05, 0.1) is 12.7 Å². The predicted molar refractivity (Wildman–Crippen MR) is 72.5 cm³/mol. The number of ether oxygens (including phenoxy) is 1. The molecule has 0 saturated carbocycles. The van der Waals surface area contributed by atoms with E-state index in [-0.39, 0.29) is 5.97 Å². The Hall–Kier alpha value is -1.42. The topological polar surface area (TPSA) is 52.3 Å². The maximum absolute atomic E-state index is 11.6. The lowest BCUT2D eigenvalue weighted by Gasteiger charge is -2.15. The van der Waals surface area contributed by atoms with Gasteiger partial charge < -0.3 is 10.5 Å². The minimum Gasteiger partial charge on any atom is -0.465 e. The molecule has 4 heteroatoms. The van der Waals surface area contributed by atoms with Gasteiger partial charge in [-0.25, -0.2) is 4.79 Å². The van der Waals surface area contributed by atoms with Crippen LogP contribution in [0.3, 0.4) is 0 Å². The number of benzene rings is 1. The first-order chi connectivity index (χ1) is 7.88. The molecule has 0 aliphatic heterocycles. The number of hydrogen-bond donors (Lipinski definition) is 1. The molecule has 0 aliphatic rings. The molecule has 0 aromatic heterocycles. The average molecular weight is 251 g/mol. The van der Waals surface area contributed by atoms with E-state index in [4.69, 9.17) is 22.7 Å². The van der Waals surface area contributed by atoms with E-state index < -0.39 is 0 Å². The Bertz CT molecular complexity index is 467. The Morgan fingerprint density at radius 1 is 1.35 bits per heavy atom. The zero-order chi connectivity index (χ0) is 13.2. The number of rotatable bonds is 3. The maximum Gasteiger partial charge on any atom is 0.338 e. The molecule has 3 nitrogen and oxygen atoms in total. The van der Waals surface area contributed by atoms with Crippen molar-refractivity contribution in [2.75, 3.05) is 7.11 Å². The highest BCUT2D eigenvalue weighted by Crippen LogP contribution is 2.24. The number of aryl methyl sites for hydroxylation is 1. The van der Waals surface area contributed by atoms with Crippen molar-refractivity contribution in [3.63, 3.8) is 0 Å². The van der Waals surface area contributed by atoms with Crippen molar-refractivity contribution in [2.24, 2.45) is 5.73 Å². The van der Waals surface area contributed by atoms with E-state index in [0.717, 1.165) is 16.7 Å². The molecule has 0 radical (unpaired) electrons. The fourth-order valence-corrected chi connectivity index (χ4v) is 1.93. The Morgan fingerprint density at radius 2 is 1.94 bits per heavy atom. The number of nitrogens with two attached hydrogens (primary N) is 1. The van der Waals surface area contributed by atoms with Gasteiger partial charge in [-0.2, -0.15) is 0 Å². The molecule has 0 unspecified atom stereocenters. The quantitative estimate of drug-likeness (QED) is 0.662. The SMILES string of the molecule is COC(=O)c1cc(C(N)=S)c(C(C)C)cc1C. The van der Waals surface area contributed by atoms with Gasteiger partial charge in [0.1, 0.15) is 4.99 Å². The van der Waals surface area contributed by atoms with Crippen LogP contribution in [-0.2, 0) is 4.74 Å². The Morgan fingerprint density at radius 3 is 2.35 bits per heavy atom. The zero-order valence-electron chi connectivity index (χ0n) is 10.5. The van der Waals surface area contributed by atoms with Gasteiger partial charge in [-0.1, -0.05) is 32.1 Å². The second-order valence-electron chi connectivity index (χ2n) is 4.26. The Labute approximate surface area is 107 Å². The Balaban J connectivity index is 3.45. The van der Waals surface area contributed by atoms with Crippen LogP contribution in [0.25, 0.3) is 0 Å². The average Bonchev–Trinajstić information content (AvgIpc) is 2.27. The van der Waals surface area contributed by atoms with Crippen molar-refractivity contribution in [3.8, 4) is 0 Å². The van der Waals surface area contributed by atoms with Crippen LogP contribution in [0.5, 0.6) is 0 Å². The van der Waals surface area contributed by atoms with E-state index in [0.29, 0.717) is 16.5 Å². The standard InChI is InChI=1S/C13H17NO2S/c1-7(2)9-5-8(3)10(13(15)16-4)6-11(9)12(14)17/h5-7H,1-4H3,(H2,14,17). The van der Waals surface area contributed by atoms with Crippen LogP contribution in [0.2, 0.25) is 0 Å². The van der Waals surface area contributed by atoms with Crippen LogP contribution in [0.4, 0.5) is 0 Å². The van der Waals surface area contributed by atoms with Crippen LogP contribution in [0.15, 0.2) is 12.1 Å². The monoisotopic (exact) mass is 251 g/mol. The van der Waals surface area contributed by atoms with E-state index in [2.05, 4.69) is 13.8 Å². The minimum atomic E-state index is -0.365. The molecule has 1 aromatic rings. The fourth-order valence-electron chi connectivity index (χ4n) is 1.75. The van der Waals surface area contributed by atoms with Crippen LogP contribution in [0, 0.1) is 6.92 Å². The highest BCUT2D eigenvalue weighted by molar-refractivity contribution is 7.80. The summed E-state index contributed by atoms with van der Waals surface area (Å²) >= 11 is 5.02. The zero-order valence-corrected chi connectivity index (χ0v) is 11.4. The minimum absolute atomic E-state index is 0.303. The van der Waals surface area contributed by atoms with Gasteiger partial charge in [0.2, 0.25) is 0 Å². The third-order valence-corrected chi connectivity index (χ3v) is 2.91. The molecule has 0 atom stereocenters. The first-order valence-electron chi connectivity index (χ1n) is 5.41. The molecule has 2 N–H and O–H groups in total. The van der Waals surface area contributed by atoms with Crippen molar-refractivity contribution in [2.45, 2.75) is 26.7 Å². The smallest absolute Gasteiger partial charge is 0.338 e.